The fraction of sp³-hybridized carbons (Fsp3) is 0.167. The lowest BCUT2D eigenvalue weighted by Gasteiger charge is -1.78. The van der Waals surface area contributed by atoms with Crippen LogP contribution in [-0.2, 0) is 11.2 Å². The van der Waals surface area contributed by atoms with Gasteiger partial charge in [-0.15, -0.1) is 21.8 Å². The summed E-state index contributed by atoms with van der Waals surface area (Å²) in [7, 11) is 0. The zero-order valence-corrected chi connectivity index (χ0v) is 6.47. The Morgan fingerprint density at radius 2 is 2.55 bits per heavy atom. The fourth-order valence-electron chi connectivity index (χ4n) is 0.535. The van der Waals surface area contributed by atoms with Gasteiger partial charge in [-0.05, 0) is 0 Å². The predicted octanol–water partition coefficient (Wildman–Crippen LogP) is 1.23. The monoisotopic (exact) mass is 167 g/mol. The second-order valence-electron chi connectivity index (χ2n) is 1.67. The van der Waals surface area contributed by atoms with Crippen LogP contribution in [0.4, 0.5) is 5.13 Å². The highest BCUT2D eigenvalue weighted by Crippen LogP contribution is 2.17. The van der Waals surface area contributed by atoms with E-state index >= 15 is 0 Å². The van der Waals surface area contributed by atoms with Crippen LogP contribution in [0.3, 0.4) is 0 Å². The molecule has 0 radical (unpaired) electrons. The van der Waals surface area contributed by atoms with Crippen LogP contribution in [0.15, 0.2) is 17.6 Å². The molecule has 0 saturated carbocycles. The van der Waals surface area contributed by atoms with E-state index in [1.54, 1.807) is 6.08 Å². The zero-order chi connectivity index (χ0) is 8.10. The van der Waals surface area contributed by atoms with E-state index in [9.17, 15) is 4.79 Å². The molecular formula is C6H5N3OS. The topological polar surface area (TPSA) is 55.2 Å². The van der Waals surface area contributed by atoms with Crippen LogP contribution in [0.1, 0.15) is 5.01 Å². The molecule has 1 aromatic rings. The summed E-state index contributed by atoms with van der Waals surface area (Å²) in [6, 6.07) is 0. The molecule has 0 aliphatic heterocycles. The molecule has 11 heavy (non-hydrogen) atoms. The Labute approximate surface area is 67.3 Å². The standard InChI is InChI=1S/C6H5N3OS/c1-2-3-5-8-9-6(11-5)7-4-10/h2H,1,3H2. The number of isocyanates is 1. The molecule has 5 heteroatoms. The number of aromatic nitrogens is 2. The minimum absolute atomic E-state index is 0.344. The normalized spacial score (nSPS) is 8.73. The van der Waals surface area contributed by atoms with Gasteiger partial charge in [0.15, 0.2) is 0 Å². The summed E-state index contributed by atoms with van der Waals surface area (Å²) in [5.74, 6) is 0. The van der Waals surface area contributed by atoms with E-state index in [2.05, 4.69) is 21.8 Å². The average molecular weight is 167 g/mol. The highest BCUT2D eigenvalue weighted by atomic mass is 32.1. The summed E-state index contributed by atoms with van der Waals surface area (Å²) in [5, 5.41) is 8.51. The Morgan fingerprint density at radius 3 is 3.18 bits per heavy atom. The first-order chi connectivity index (χ1) is 5.36. The Balaban J connectivity index is 2.80. The number of allylic oxidation sites excluding steroid dienone is 1. The lowest BCUT2D eigenvalue weighted by atomic mass is 10.5. The van der Waals surface area contributed by atoms with Crippen molar-refractivity contribution >= 4 is 22.5 Å². The van der Waals surface area contributed by atoms with E-state index in [0.717, 1.165) is 5.01 Å². The summed E-state index contributed by atoms with van der Waals surface area (Å²) < 4.78 is 0. The Kier molecular flexibility index (Phi) is 2.66. The molecule has 0 saturated heterocycles. The molecule has 1 rings (SSSR count). The highest BCUT2D eigenvalue weighted by molar-refractivity contribution is 7.14. The van der Waals surface area contributed by atoms with Crippen LogP contribution < -0.4 is 0 Å². The Hall–Kier alpha value is -1.32. The average Bonchev–Trinajstić information content (AvgIpc) is 2.38. The molecule has 1 heterocycles. The molecule has 0 N–H and O–H groups in total. The molecule has 0 aliphatic rings. The largest absolute Gasteiger partial charge is 0.242 e. The second-order valence-corrected chi connectivity index (χ2v) is 2.71. The molecule has 0 atom stereocenters. The van der Waals surface area contributed by atoms with Gasteiger partial charge < -0.3 is 0 Å². The predicted molar refractivity (Wildman–Crippen MR) is 41.6 cm³/mol. The molecule has 0 unspecified atom stereocenters. The Bertz CT molecular complexity index is 301. The highest BCUT2D eigenvalue weighted by Gasteiger charge is 1.99. The first kappa shape index (κ1) is 7.78. The SMILES string of the molecule is C=CCc1nnc(N=C=O)s1. The number of hydrogen-bond donors (Lipinski definition) is 0. The van der Waals surface area contributed by atoms with E-state index in [4.69, 9.17) is 0 Å². The molecular weight excluding hydrogens is 162 g/mol. The van der Waals surface area contributed by atoms with Gasteiger partial charge in [-0.2, -0.15) is 0 Å². The van der Waals surface area contributed by atoms with Crippen molar-refractivity contribution in [1.82, 2.24) is 10.2 Å². The molecule has 56 valence electrons. The maximum absolute atomic E-state index is 9.77. The number of nitrogens with zero attached hydrogens (tertiary/aromatic N) is 3. The van der Waals surface area contributed by atoms with Crippen molar-refractivity contribution in [3.05, 3.63) is 17.7 Å². The van der Waals surface area contributed by atoms with Crippen molar-refractivity contribution in [2.75, 3.05) is 0 Å². The van der Waals surface area contributed by atoms with Crippen LogP contribution in [0.2, 0.25) is 0 Å². The zero-order valence-electron chi connectivity index (χ0n) is 5.65. The number of aliphatic imine (C=N–C) groups is 1. The van der Waals surface area contributed by atoms with E-state index in [1.807, 2.05) is 0 Å². The second kappa shape index (κ2) is 3.75. The van der Waals surface area contributed by atoms with Gasteiger partial charge in [0, 0.05) is 6.42 Å². The minimum Gasteiger partial charge on any atom is -0.211 e. The van der Waals surface area contributed by atoms with E-state index in [-0.39, 0.29) is 0 Å². The third-order valence-electron chi connectivity index (χ3n) is 0.916. The number of hydrogen-bond acceptors (Lipinski definition) is 5. The summed E-state index contributed by atoms with van der Waals surface area (Å²) in [6.07, 6.45) is 3.77. The molecule has 0 spiro atoms. The maximum atomic E-state index is 9.77. The van der Waals surface area contributed by atoms with Crippen molar-refractivity contribution in [2.45, 2.75) is 6.42 Å². The van der Waals surface area contributed by atoms with Gasteiger partial charge in [-0.1, -0.05) is 17.4 Å². The van der Waals surface area contributed by atoms with Crippen molar-refractivity contribution < 1.29 is 4.79 Å². The van der Waals surface area contributed by atoms with Gasteiger partial charge in [0.1, 0.15) is 5.01 Å². The van der Waals surface area contributed by atoms with Crippen molar-refractivity contribution in [2.24, 2.45) is 4.99 Å². The van der Waals surface area contributed by atoms with Gasteiger partial charge in [-0.25, -0.2) is 4.79 Å². The van der Waals surface area contributed by atoms with Gasteiger partial charge in [0.2, 0.25) is 11.2 Å². The molecule has 4 nitrogen and oxygen atoms in total. The summed E-state index contributed by atoms with van der Waals surface area (Å²) in [4.78, 5) is 13.1. The molecule has 0 amide bonds. The van der Waals surface area contributed by atoms with Crippen LogP contribution in [-0.4, -0.2) is 16.3 Å². The van der Waals surface area contributed by atoms with E-state index in [0.29, 0.717) is 11.6 Å². The molecule has 1 aromatic heterocycles. The van der Waals surface area contributed by atoms with Crippen molar-refractivity contribution in [3.63, 3.8) is 0 Å². The van der Waals surface area contributed by atoms with Crippen LogP contribution >= 0.6 is 11.3 Å². The molecule has 0 aromatic carbocycles. The van der Waals surface area contributed by atoms with Gasteiger partial charge >= 0.3 is 0 Å². The molecule has 0 bridgehead atoms. The first-order valence-electron chi connectivity index (χ1n) is 2.88. The fourth-order valence-corrected chi connectivity index (χ4v) is 1.19. The molecule has 0 fully saturated rings. The van der Waals surface area contributed by atoms with Crippen LogP contribution in [0.25, 0.3) is 0 Å². The van der Waals surface area contributed by atoms with E-state index < -0.39 is 0 Å². The summed E-state index contributed by atoms with van der Waals surface area (Å²) in [6.45, 7) is 3.54. The third-order valence-corrected chi connectivity index (χ3v) is 1.76. The Morgan fingerprint density at radius 1 is 1.73 bits per heavy atom. The smallest absolute Gasteiger partial charge is 0.211 e. The quantitative estimate of drug-likeness (QED) is 0.386. The lowest BCUT2D eigenvalue weighted by Crippen LogP contribution is -1.76. The number of rotatable bonds is 3. The lowest BCUT2D eigenvalue weighted by molar-refractivity contribution is 0.565. The number of carbonyl (C=O) groups excluding carboxylic acids is 1. The maximum Gasteiger partial charge on any atom is 0.242 e. The summed E-state index contributed by atoms with van der Waals surface area (Å²) in [5.41, 5.74) is 0. The van der Waals surface area contributed by atoms with Gasteiger partial charge in [-0.3, -0.25) is 0 Å². The van der Waals surface area contributed by atoms with E-state index in [1.165, 1.54) is 17.4 Å². The van der Waals surface area contributed by atoms with Gasteiger partial charge in [0.05, 0.1) is 0 Å². The van der Waals surface area contributed by atoms with Crippen LogP contribution in [0, 0.1) is 0 Å². The van der Waals surface area contributed by atoms with Crippen molar-refractivity contribution in [3.8, 4) is 0 Å². The molecule has 0 aliphatic carbocycles. The van der Waals surface area contributed by atoms with Crippen molar-refractivity contribution in [1.29, 1.82) is 0 Å². The van der Waals surface area contributed by atoms with Gasteiger partial charge in [0.25, 0.3) is 0 Å². The third kappa shape index (κ3) is 2.07. The summed E-state index contributed by atoms with van der Waals surface area (Å²) >= 11 is 1.26. The minimum atomic E-state index is 0.344. The van der Waals surface area contributed by atoms with Crippen LogP contribution in [0.5, 0.6) is 0 Å². The first-order valence-corrected chi connectivity index (χ1v) is 3.69.